The lowest BCUT2D eigenvalue weighted by molar-refractivity contribution is -0.432. The molecule has 0 aliphatic heterocycles. The summed E-state index contributed by atoms with van der Waals surface area (Å²) in [7, 11) is -5.39. The third-order valence-electron chi connectivity index (χ3n) is 0.508. The molecule has 66 valence electrons. The topological polar surface area (TPSA) is 86.2 Å². The molecule has 0 spiro atoms. The van der Waals surface area contributed by atoms with Gasteiger partial charge in [-0.2, -0.15) is 7.82 Å². The van der Waals surface area contributed by atoms with Crippen molar-refractivity contribution < 1.29 is 19.2 Å². The highest BCUT2D eigenvalue weighted by atomic mass is 31.2. The number of allylic oxidation sites excluding steroid dienone is 3. The highest BCUT2D eigenvalue weighted by Gasteiger charge is 1.55. The monoisotopic (exact) mass is 177 g/mol. The number of hydrogen-bond donors (Lipinski definition) is 0. The van der Waals surface area contributed by atoms with Gasteiger partial charge in [-0.15, -0.1) is 0 Å². The molecule has 0 heterocycles. The summed E-state index contributed by atoms with van der Waals surface area (Å²) in [6, 6.07) is 0. The summed E-state index contributed by atoms with van der Waals surface area (Å²) < 4.78 is 8.55. The van der Waals surface area contributed by atoms with Crippen LogP contribution in [0.1, 0.15) is 13.3 Å². The minimum absolute atomic E-state index is 1.10. The number of rotatable bonds is 2. The van der Waals surface area contributed by atoms with E-state index in [2.05, 4.69) is 19.6 Å². The lowest BCUT2D eigenvalue weighted by Crippen LogP contribution is -2.24. The first kappa shape index (κ1) is 13.2. The summed E-state index contributed by atoms with van der Waals surface area (Å²) in [6.07, 6.45) is 6.89. The first-order valence-corrected chi connectivity index (χ1v) is 4.38. The summed E-state index contributed by atoms with van der Waals surface area (Å²) >= 11 is 0. The van der Waals surface area contributed by atoms with Gasteiger partial charge in [0.15, 0.2) is 0 Å². The highest BCUT2D eigenvalue weighted by molar-refractivity contribution is 7.40. The van der Waals surface area contributed by atoms with E-state index in [0.29, 0.717) is 0 Å². The number of phosphoric acid groups is 1. The average molecular weight is 177 g/mol. The standard InChI is InChI=1S/C6H10.H3O4P/c1-3-5-6-4-2;1-5(2,3)4/h3,5-6H,1,4H2,2H3;(H3,1,2,3,4)/p-3/b6-5+;. The van der Waals surface area contributed by atoms with E-state index in [0.717, 1.165) is 6.42 Å². The Morgan fingerprint density at radius 3 is 1.91 bits per heavy atom. The van der Waals surface area contributed by atoms with Crippen LogP contribution in [-0.4, -0.2) is 0 Å². The minimum Gasteiger partial charge on any atom is -0.822 e. The molecule has 0 amide bonds. The lowest BCUT2D eigenvalue weighted by Gasteiger charge is -2.36. The van der Waals surface area contributed by atoms with Crippen LogP contribution in [0.3, 0.4) is 0 Å². The van der Waals surface area contributed by atoms with Gasteiger partial charge >= 0.3 is 0 Å². The summed E-state index contributed by atoms with van der Waals surface area (Å²) in [5.74, 6) is 0. The number of hydrogen-bond acceptors (Lipinski definition) is 4. The van der Waals surface area contributed by atoms with Crippen molar-refractivity contribution in [1.29, 1.82) is 0 Å². The van der Waals surface area contributed by atoms with Crippen molar-refractivity contribution >= 4 is 7.82 Å². The van der Waals surface area contributed by atoms with Gasteiger partial charge in [0.1, 0.15) is 0 Å². The van der Waals surface area contributed by atoms with Crippen LogP contribution < -0.4 is 14.7 Å². The van der Waals surface area contributed by atoms with Crippen molar-refractivity contribution in [2.45, 2.75) is 13.3 Å². The van der Waals surface area contributed by atoms with Gasteiger partial charge in [-0.3, -0.25) is 0 Å². The van der Waals surface area contributed by atoms with Crippen LogP contribution in [-0.2, 0) is 4.57 Å². The molecule has 4 nitrogen and oxygen atoms in total. The summed E-state index contributed by atoms with van der Waals surface area (Å²) in [5.41, 5.74) is 0. The van der Waals surface area contributed by atoms with E-state index < -0.39 is 7.82 Å². The zero-order valence-corrected chi connectivity index (χ0v) is 7.12. The fraction of sp³-hybridized carbons (Fsp3) is 0.333. The van der Waals surface area contributed by atoms with E-state index in [1.165, 1.54) is 0 Å². The summed E-state index contributed by atoms with van der Waals surface area (Å²) in [6.45, 7) is 5.61. The molecular weight excluding hydrogens is 167 g/mol. The fourth-order valence-corrected chi connectivity index (χ4v) is 0.232. The maximum Gasteiger partial charge on any atom is -0.0376 e. The molecule has 0 saturated carbocycles. The molecule has 0 unspecified atom stereocenters. The second-order valence-corrected chi connectivity index (χ2v) is 2.41. The highest BCUT2D eigenvalue weighted by Crippen LogP contribution is 2.03. The Bertz CT molecular complexity index is 150. The van der Waals surface area contributed by atoms with E-state index in [4.69, 9.17) is 19.2 Å². The molecule has 0 aliphatic carbocycles. The molecule has 0 rings (SSSR count). The van der Waals surface area contributed by atoms with Crippen LogP contribution in [0, 0.1) is 0 Å². The average Bonchev–Trinajstić information content (AvgIpc) is 1.79. The van der Waals surface area contributed by atoms with E-state index in [-0.39, 0.29) is 0 Å². The summed E-state index contributed by atoms with van der Waals surface area (Å²) in [4.78, 5) is 25.6. The third-order valence-corrected chi connectivity index (χ3v) is 0.508. The Kier molecular flexibility index (Phi) is 9.23. The van der Waals surface area contributed by atoms with E-state index in [1.807, 2.05) is 6.08 Å². The van der Waals surface area contributed by atoms with Crippen LogP contribution >= 0.6 is 7.82 Å². The lowest BCUT2D eigenvalue weighted by atomic mass is 10.4. The van der Waals surface area contributed by atoms with Gasteiger partial charge in [0.05, 0.1) is 0 Å². The predicted molar refractivity (Wildman–Crippen MR) is 37.2 cm³/mol. The van der Waals surface area contributed by atoms with Gasteiger partial charge in [0.2, 0.25) is 0 Å². The molecule has 5 heteroatoms. The van der Waals surface area contributed by atoms with Crippen molar-refractivity contribution in [3.8, 4) is 0 Å². The zero-order chi connectivity index (χ0) is 9.33. The van der Waals surface area contributed by atoms with Gasteiger partial charge in [0.25, 0.3) is 0 Å². The summed E-state index contributed by atoms with van der Waals surface area (Å²) in [5, 5.41) is 0. The molecule has 0 aromatic heterocycles. The van der Waals surface area contributed by atoms with Crippen molar-refractivity contribution in [3.63, 3.8) is 0 Å². The van der Waals surface area contributed by atoms with Gasteiger partial charge in [-0.05, 0) is 6.42 Å². The smallest absolute Gasteiger partial charge is 0.0376 e. The third kappa shape index (κ3) is 82.4. The van der Waals surface area contributed by atoms with E-state index in [1.54, 1.807) is 6.08 Å². The molecule has 0 aliphatic rings. The van der Waals surface area contributed by atoms with Crippen LogP contribution in [0.4, 0.5) is 0 Å². The fourth-order valence-electron chi connectivity index (χ4n) is 0.232. The Morgan fingerprint density at radius 1 is 1.45 bits per heavy atom. The SMILES string of the molecule is C=C/C=C/CC.O=P([O-])([O-])[O-]. The molecule has 0 saturated heterocycles. The first-order valence-electron chi connectivity index (χ1n) is 2.92. The van der Waals surface area contributed by atoms with E-state index in [9.17, 15) is 0 Å². The van der Waals surface area contributed by atoms with Crippen molar-refractivity contribution in [3.05, 3.63) is 24.8 Å². The Morgan fingerprint density at radius 2 is 1.82 bits per heavy atom. The van der Waals surface area contributed by atoms with Crippen LogP contribution in [0.25, 0.3) is 0 Å². The maximum absolute atomic E-state index is 8.55. The molecular formula is C6H10O4P-3. The van der Waals surface area contributed by atoms with Crippen molar-refractivity contribution in [2.24, 2.45) is 0 Å². The van der Waals surface area contributed by atoms with Gasteiger partial charge < -0.3 is 19.2 Å². The van der Waals surface area contributed by atoms with Crippen LogP contribution in [0.5, 0.6) is 0 Å². The van der Waals surface area contributed by atoms with Gasteiger partial charge in [-0.1, -0.05) is 31.7 Å². The molecule has 0 radical (unpaired) electrons. The molecule has 11 heavy (non-hydrogen) atoms. The molecule has 0 N–H and O–H groups in total. The normalized spacial score (nSPS) is 10.5. The molecule has 0 bridgehead atoms. The molecule has 0 aromatic rings. The largest absolute Gasteiger partial charge is 0.822 e. The second kappa shape index (κ2) is 7.69. The van der Waals surface area contributed by atoms with Crippen molar-refractivity contribution in [2.75, 3.05) is 0 Å². The van der Waals surface area contributed by atoms with Crippen LogP contribution in [0.15, 0.2) is 24.8 Å². The van der Waals surface area contributed by atoms with Crippen molar-refractivity contribution in [1.82, 2.24) is 0 Å². The minimum atomic E-state index is -5.39. The van der Waals surface area contributed by atoms with Gasteiger partial charge in [-0.25, -0.2) is 0 Å². The molecule has 0 aromatic carbocycles. The molecule has 0 fully saturated rings. The van der Waals surface area contributed by atoms with E-state index >= 15 is 0 Å². The molecule has 0 atom stereocenters. The first-order chi connectivity index (χ1) is 4.91. The van der Waals surface area contributed by atoms with Crippen LogP contribution in [0.2, 0.25) is 0 Å². The quantitative estimate of drug-likeness (QED) is 0.412. The Hall–Kier alpha value is -0.410. The maximum atomic E-state index is 8.55. The Balaban J connectivity index is 0. The zero-order valence-electron chi connectivity index (χ0n) is 6.23. The van der Waals surface area contributed by atoms with Gasteiger partial charge in [0, 0.05) is 0 Å². The Labute approximate surface area is 66.1 Å². The second-order valence-electron chi connectivity index (χ2n) is 1.52. The predicted octanol–water partition coefficient (Wildman–Crippen LogP) is -0.686.